The predicted octanol–water partition coefficient (Wildman–Crippen LogP) is 1.46. The summed E-state index contributed by atoms with van der Waals surface area (Å²) >= 11 is 0. The van der Waals surface area contributed by atoms with Crippen molar-refractivity contribution >= 4 is 0 Å². The van der Waals surface area contributed by atoms with Crippen molar-refractivity contribution in [1.82, 2.24) is 14.7 Å². The van der Waals surface area contributed by atoms with Gasteiger partial charge in [-0.2, -0.15) is 0 Å². The van der Waals surface area contributed by atoms with Crippen molar-refractivity contribution in [2.75, 3.05) is 59.4 Å². The van der Waals surface area contributed by atoms with Crippen molar-refractivity contribution in [1.29, 1.82) is 0 Å². The Bertz CT molecular complexity index is 255. The largest absolute Gasteiger partial charge is 0.329 e. The van der Waals surface area contributed by atoms with Crippen LogP contribution in [0.25, 0.3) is 0 Å². The molecule has 1 fully saturated rings. The molecule has 120 valence electrons. The first-order valence-corrected chi connectivity index (χ1v) is 8.47. The van der Waals surface area contributed by atoms with Crippen LogP contribution in [0.2, 0.25) is 0 Å². The molecule has 0 bridgehead atoms. The quantitative estimate of drug-likeness (QED) is 0.695. The number of nitrogens with zero attached hydrogens (tertiary/aromatic N) is 3. The van der Waals surface area contributed by atoms with Crippen LogP contribution in [0.4, 0.5) is 0 Å². The van der Waals surface area contributed by atoms with Crippen LogP contribution in [0, 0.1) is 0 Å². The van der Waals surface area contributed by atoms with E-state index in [-0.39, 0.29) is 5.54 Å². The molecule has 2 N–H and O–H groups in total. The van der Waals surface area contributed by atoms with E-state index in [0.717, 1.165) is 32.7 Å². The highest BCUT2D eigenvalue weighted by Gasteiger charge is 2.37. The van der Waals surface area contributed by atoms with Crippen LogP contribution in [0.5, 0.6) is 0 Å². The van der Waals surface area contributed by atoms with E-state index in [0.29, 0.717) is 0 Å². The van der Waals surface area contributed by atoms with Crippen LogP contribution < -0.4 is 5.73 Å². The van der Waals surface area contributed by atoms with E-state index in [1.165, 1.54) is 38.9 Å². The monoisotopic (exact) mass is 284 g/mol. The van der Waals surface area contributed by atoms with E-state index in [2.05, 4.69) is 42.5 Å². The molecule has 1 aliphatic rings. The van der Waals surface area contributed by atoms with Gasteiger partial charge in [0.2, 0.25) is 0 Å². The third kappa shape index (κ3) is 4.69. The second kappa shape index (κ2) is 8.98. The maximum Gasteiger partial charge on any atom is 0.0458 e. The van der Waals surface area contributed by atoms with Gasteiger partial charge in [0.1, 0.15) is 0 Å². The molecule has 1 heterocycles. The number of hydrogen-bond donors (Lipinski definition) is 1. The van der Waals surface area contributed by atoms with Crippen molar-refractivity contribution in [3.63, 3.8) is 0 Å². The van der Waals surface area contributed by atoms with Crippen LogP contribution >= 0.6 is 0 Å². The first-order valence-electron chi connectivity index (χ1n) is 8.47. The van der Waals surface area contributed by atoms with Gasteiger partial charge in [-0.3, -0.25) is 4.90 Å². The molecule has 4 nitrogen and oxygen atoms in total. The van der Waals surface area contributed by atoms with Crippen molar-refractivity contribution in [2.45, 2.75) is 45.6 Å². The SMILES string of the molecule is CCN(CC)CCCN(CC)C1(CN)CCCN(C)C1. The van der Waals surface area contributed by atoms with Crippen LogP contribution in [0.1, 0.15) is 40.0 Å². The minimum absolute atomic E-state index is 0.213. The van der Waals surface area contributed by atoms with Gasteiger partial charge in [-0.15, -0.1) is 0 Å². The van der Waals surface area contributed by atoms with E-state index in [1.54, 1.807) is 0 Å². The fraction of sp³-hybridized carbons (Fsp3) is 1.00. The summed E-state index contributed by atoms with van der Waals surface area (Å²) in [6.45, 7) is 15.7. The summed E-state index contributed by atoms with van der Waals surface area (Å²) in [6.07, 6.45) is 3.79. The molecule has 0 aliphatic carbocycles. The lowest BCUT2D eigenvalue weighted by Crippen LogP contribution is -2.62. The van der Waals surface area contributed by atoms with Crippen LogP contribution in [-0.4, -0.2) is 79.6 Å². The first-order chi connectivity index (χ1) is 9.61. The number of hydrogen-bond acceptors (Lipinski definition) is 4. The molecule has 1 unspecified atom stereocenters. The van der Waals surface area contributed by atoms with E-state index in [9.17, 15) is 0 Å². The second-order valence-electron chi connectivity index (χ2n) is 6.23. The number of nitrogens with two attached hydrogens (primary N) is 1. The zero-order chi connectivity index (χ0) is 15.0. The predicted molar refractivity (Wildman–Crippen MR) is 88.2 cm³/mol. The van der Waals surface area contributed by atoms with E-state index in [4.69, 9.17) is 5.73 Å². The van der Waals surface area contributed by atoms with E-state index in [1.807, 2.05) is 0 Å². The van der Waals surface area contributed by atoms with Gasteiger partial charge in [-0.05, 0) is 65.6 Å². The Morgan fingerprint density at radius 1 is 1.10 bits per heavy atom. The van der Waals surface area contributed by atoms with Crippen molar-refractivity contribution < 1.29 is 0 Å². The second-order valence-corrected chi connectivity index (χ2v) is 6.23. The zero-order valence-electron chi connectivity index (χ0n) is 14.2. The van der Waals surface area contributed by atoms with Gasteiger partial charge in [0.25, 0.3) is 0 Å². The van der Waals surface area contributed by atoms with Gasteiger partial charge in [-0.25, -0.2) is 0 Å². The zero-order valence-corrected chi connectivity index (χ0v) is 14.2. The summed E-state index contributed by atoms with van der Waals surface area (Å²) in [6, 6.07) is 0. The number of rotatable bonds is 9. The maximum atomic E-state index is 6.18. The lowest BCUT2D eigenvalue weighted by atomic mass is 9.87. The Hall–Kier alpha value is -0.160. The van der Waals surface area contributed by atoms with Gasteiger partial charge >= 0.3 is 0 Å². The normalized spacial score (nSPS) is 24.8. The molecule has 20 heavy (non-hydrogen) atoms. The molecular weight excluding hydrogens is 248 g/mol. The minimum Gasteiger partial charge on any atom is -0.329 e. The molecule has 0 aromatic carbocycles. The Labute approximate surface area is 126 Å². The Balaban J connectivity index is 2.54. The van der Waals surface area contributed by atoms with Crippen LogP contribution in [-0.2, 0) is 0 Å². The van der Waals surface area contributed by atoms with Crippen molar-refractivity contribution in [3.05, 3.63) is 0 Å². The lowest BCUT2D eigenvalue weighted by molar-refractivity contribution is 0.0269. The van der Waals surface area contributed by atoms with E-state index >= 15 is 0 Å². The third-order valence-electron chi connectivity index (χ3n) is 4.98. The summed E-state index contributed by atoms with van der Waals surface area (Å²) in [4.78, 5) is 7.60. The molecule has 1 aliphatic heterocycles. The van der Waals surface area contributed by atoms with E-state index < -0.39 is 0 Å². The summed E-state index contributed by atoms with van der Waals surface area (Å²) in [7, 11) is 2.23. The lowest BCUT2D eigenvalue weighted by Gasteiger charge is -2.48. The molecule has 4 heteroatoms. The van der Waals surface area contributed by atoms with Gasteiger partial charge in [-0.1, -0.05) is 20.8 Å². The molecular formula is C16H36N4. The molecule has 0 radical (unpaired) electrons. The molecule has 0 saturated carbocycles. The Morgan fingerprint density at radius 3 is 2.30 bits per heavy atom. The molecule has 0 spiro atoms. The highest BCUT2D eigenvalue weighted by atomic mass is 15.3. The highest BCUT2D eigenvalue weighted by molar-refractivity contribution is 4.96. The standard InChI is InChI=1S/C16H36N4/c1-5-19(6-2)12-9-13-20(7-3)16(14-17)10-8-11-18(4)15-16/h5-15,17H2,1-4H3. The van der Waals surface area contributed by atoms with Gasteiger partial charge in [0.15, 0.2) is 0 Å². The maximum absolute atomic E-state index is 6.18. The minimum atomic E-state index is 0.213. The Kier molecular flexibility index (Phi) is 8.03. The summed E-state index contributed by atoms with van der Waals surface area (Å²) < 4.78 is 0. The summed E-state index contributed by atoms with van der Waals surface area (Å²) in [5.74, 6) is 0. The number of piperidine rings is 1. The molecule has 1 atom stereocenters. The number of likely N-dealkylation sites (N-methyl/N-ethyl adjacent to an activating group) is 2. The van der Waals surface area contributed by atoms with Gasteiger partial charge in [0, 0.05) is 18.6 Å². The van der Waals surface area contributed by atoms with Crippen molar-refractivity contribution in [2.24, 2.45) is 5.73 Å². The molecule has 1 saturated heterocycles. The highest BCUT2D eigenvalue weighted by Crippen LogP contribution is 2.26. The summed E-state index contributed by atoms with van der Waals surface area (Å²) in [5, 5.41) is 0. The molecule has 0 amide bonds. The smallest absolute Gasteiger partial charge is 0.0458 e. The fourth-order valence-electron chi connectivity index (χ4n) is 3.65. The molecule has 1 rings (SSSR count). The van der Waals surface area contributed by atoms with Crippen molar-refractivity contribution in [3.8, 4) is 0 Å². The van der Waals surface area contributed by atoms with Crippen LogP contribution in [0.3, 0.4) is 0 Å². The molecule has 0 aromatic rings. The third-order valence-corrected chi connectivity index (χ3v) is 4.98. The first kappa shape index (κ1) is 17.9. The average Bonchev–Trinajstić information content (AvgIpc) is 2.47. The summed E-state index contributed by atoms with van der Waals surface area (Å²) in [5.41, 5.74) is 6.40. The molecule has 0 aromatic heterocycles. The van der Waals surface area contributed by atoms with Gasteiger partial charge < -0.3 is 15.5 Å². The van der Waals surface area contributed by atoms with Gasteiger partial charge in [0.05, 0.1) is 0 Å². The fourth-order valence-corrected chi connectivity index (χ4v) is 3.65. The average molecular weight is 284 g/mol. The Morgan fingerprint density at radius 2 is 1.80 bits per heavy atom. The number of likely N-dealkylation sites (tertiary alicyclic amines) is 1. The van der Waals surface area contributed by atoms with Crippen LogP contribution in [0.15, 0.2) is 0 Å². The topological polar surface area (TPSA) is 35.7 Å².